The number of carbonyl (C=O) groups excluding carboxylic acids is 1. The highest BCUT2D eigenvalue weighted by molar-refractivity contribution is 7.98. The van der Waals surface area contributed by atoms with Crippen LogP contribution >= 0.6 is 23.4 Å². The molecule has 0 fully saturated rings. The number of hydrogen-bond donors (Lipinski definition) is 2. The molecule has 3 N–H and O–H groups in total. The van der Waals surface area contributed by atoms with E-state index in [0.717, 1.165) is 5.75 Å². The molecule has 0 unspecified atom stereocenters. The Hall–Kier alpha value is -0.870. The van der Waals surface area contributed by atoms with Crippen LogP contribution in [0.2, 0.25) is 5.02 Å². The predicted molar refractivity (Wildman–Crippen MR) is 75.8 cm³/mol. The lowest BCUT2D eigenvalue weighted by Gasteiger charge is -2.25. The number of nitrogen functional groups attached to an aromatic ring is 1. The first-order chi connectivity index (χ1) is 7.87. The Morgan fingerprint density at radius 2 is 2.18 bits per heavy atom. The molecule has 3 nitrogen and oxygen atoms in total. The van der Waals surface area contributed by atoms with Crippen molar-refractivity contribution in [2.45, 2.75) is 19.4 Å². The van der Waals surface area contributed by atoms with Crippen molar-refractivity contribution in [2.75, 3.05) is 17.7 Å². The Morgan fingerprint density at radius 1 is 1.53 bits per heavy atom. The normalized spacial score (nSPS) is 11.3. The molecule has 1 aromatic rings. The molecule has 17 heavy (non-hydrogen) atoms. The van der Waals surface area contributed by atoms with Crippen LogP contribution < -0.4 is 11.1 Å². The first kappa shape index (κ1) is 14.2. The minimum absolute atomic E-state index is 0.191. The summed E-state index contributed by atoms with van der Waals surface area (Å²) in [5, 5.41) is 3.35. The van der Waals surface area contributed by atoms with E-state index in [4.69, 9.17) is 17.3 Å². The fourth-order valence-electron chi connectivity index (χ4n) is 1.51. The topological polar surface area (TPSA) is 55.1 Å². The molecular formula is C12H17ClN2OS. The van der Waals surface area contributed by atoms with Gasteiger partial charge in [-0.3, -0.25) is 4.79 Å². The molecule has 0 aromatic heterocycles. The number of para-hydroxylation sites is 1. The van der Waals surface area contributed by atoms with E-state index in [0.29, 0.717) is 16.3 Å². The number of benzene rings is 1. The molecule has 0 aliphatic heterocycles. The van der Waals surface area contributed by atoms with Crippen molar-refractivity contribution in [1.29, 1.82) is 0 Å². The summed E-state index contributed by atoms with van der Waals surface area (Å²) in [5.74, 6) is 0.642. The zero-order valence-electron chi connectivity index (χ0n) is 10.2. The maximum Gasteiger partial charge on any atom is 0.253 e. The fourth-order valence-corrected chi connectivity index (χ4v) is 2.48. The number of rotatable bonds is 4. The van der Waals surface area contributed by atoms with Crippen molar-refractivity contribution in [2.24, 2.45) is 0 Å². The minimum atomic E-state index is -0.273. The lowest BCUT2D eigenvalue weighted by molar-refractivity contribution is 0.0922. The summed E-state index contributed by atoms with van der Waals surface area (Å²) < 4.78 is 0. The first-order valence-electron chi connectivity index (χ1n) is 5.23. The van der Waals surface area contributed by atoms with Gasteiger partial charge in [-0.25, -0.2) is 0 Å². The van der Waals surface area contributed by atoms with Crippen LogP contribution in [0.15, 0.2) is 18.2 Å². The second-order valence-corrected chi connectivity index (χ2v) is 5.75. The number of thioether (sulfide) groups is 1. The molecule has 0 saturated carbocycles. The average Bonchev–Trinajstić information content (AvgIpc) is 2.21. The van der Waals surface area contributed by atoms with Crippen LogP contribution in [-0.2, 0) is 0 Å². The monoisotopic (exact) mass is 272 g/mol. The highest BCUT2D eigenvalue weighted by Gasteiger charge is 2.22. The van der Waals surface area contributed by atoms with E-state index in [1.165, 1.54) is 0 Å². The van der Waals surface area contributed by atoms with E-state index < -0.39 is 0 Å². The van der Waals surface area contributed by atoms with E-state index in [1.54, 1.807) is 30.0 Å². The van der Waals surface area contributed by atoms with Crippen molar-refractivity contribution < 1.29 is 4.79 Å². The third kappa shape index (κ3) is 3.82. The highest BCUT2D eigenvalue weighted by atomic mass is 35.5. The van der Waals surface area contributed by atoms with Gasteiger partial charge in [-0.15, -0.1) is 0 Å². The molecule has 5 heteroatoms. The van der Waals surface area contributed by atoms with Crippen LogP contribution in [0.5, 0.6) is 0 Å². The third-order valence-corrected chi connectivity index (χ3v) is 3.59. The molecule has 0 atom stereocenters. The minimum Gasteiger partial charge on any atom is -0.397 e. The van der Waals surface area contributed by atoms with Gasteiger partial charge in [-0.05, 0) is 32.2 Å². The van der Waals surface area contributed by atoms with Crippen molar-refractivity contribution in [3.8, 4) is 0 Å². The molecule has 1 rings (SSSR count). The zero-order chi connectivity index (χ0) is 13.1. The summed E-state index contributed by atoms with van der Waals surface area (Å²) in [5.41, 5.74) is 6.25. The molecule has 1 amide bonds. The molecule has 94 valence electrons. The maximum atomic E-state index is 12.0. The number of nitrogens with one attached hydrogen (secondary N) is 1. The molecule has 0 radical (unpaired) electrons. The first-order valence-corrected chi connectivity index (χ1v) is 7.00. The van der Waals surface area contributed by atoms with Gasteiger partial charge < -0.3 is 11.1 Å². The van der Waals surface area contributed by atoms with Crippen LogP contribution in [0, 0.1) is 0 Å². The van der Waals surface area contributed by atoms with E-state index in [9.17, 15) is 4.79 Å². The van der Waals surface area contributed by atoms with Gasteiger partial charge in [0.25, 0.3) is 5.91 Å². The molecule has 1 aromatic carbocycles. The van der Waals surface area contributed by atoms with Gasteiger partial charge in [0.15, 0.2) is 0 Å². The summed E-state index contributed by atoms with van der Waals surface area (Å²) in [6, 6.07) is 5.06. The van der Waals surface area contributed by atoms with Crippen molar-refractivity contribution in [3.63, 3.8) is 0 Å². The summed E-state index contributed by atoms with van der Waals surface area (Å²) in [6.45, 7) is 3.95. The van der Waals surface area contributed by atoms with Crippen molar-refractivity contribution >= 4 is 35.0 Å². The van der Waals surface area contributed by atoms with Crippen LogP contribution in [-0.4, -0.2) is 23.5 Å². The van der Waals surface area contributed by atoms with Gasteiger partial charge >= 0.3 is 0 Å². The van der Waals surface area contributed by atoms with Crippen molar-refractivity contribution in [3.05, 3.63) is 28.8 Å². The maximum absolute atomic E-state index is 12.0. The van der Waals surface area contributed by atoms with Gasteiger partial charge in [0, 0.05) is 11.3 Å². The van der Waals surface area contributed by atoms with Crippen LogP contribution in [0.25, 0.3) is 0 Å². The molecule has 0 bridgehead atoms. The smallest absolute Gasteiger partial charge is 0.253 e. The molecule has 0 aliphatic rings. The van der Waals surface area contributed by atoms with Crippen molar-refractivity contribution in [1.82, 2.24) is 5.32 Å². The lowest BCUT2D eigenvalue weighted by Crippen LogP contribution is -2.45. The third-order valence-electron chi connectivity index (χ3n) is 2.25. The fraction of sp³-hybridized carbons (Fsp3) is 0.417. The average molecular weight is 273 g/mol. The van der Waals surface area contributed by atoms with E-state index in [1.807, 2.05) is 20.1 Å². The number of amides is 1. The molecule has 0 aliphatic carbocycles. The van der Waals surface area contributed by atoms with Gasteiger partial charge in [0.05, 0.1) is 16.3 Å². The summed E-state index contributed by atoms with van der Waals surface area (Å²) in [6.07, 6.45) is 2.00. The Kier molecular flexibility index (Phi) is 4.71. The Bertz CT molecular complexity index is 421. The van der Waals surface area contributed by atoms with Gasteiger partial charge in [0.1, 0.15) is 0 Å². The molecule has 0 heterocycles. The Balaban J connectivity index is 2.87. The number of carbonyl (C=O) groups is 1. The van der Waals surface area contributed by atoms with Crippen LogP contribution in [0.3, 0.4) is 0 Å². The second-order valence-electron chi connectivity index (χ2n) is 4.47. The number of nitrogens with two attached hydrogens (primary N) is 1. The summed E-state index contributed by atoms with van der Waals surface area (Å²) in [7, 11) is 0. The quantitative estimate of drug-likeness (QED) is 0.829. The number of halogens is 1. The van der Waals surface area contributed by atoms with Crippen LogP contribution in [0.1, 0.15) is 24.2 Å². The van der Waals surface area contributed by atoms with Gasteiger partial charge in [-0.2, -0.15) is 11.8 Å². The lowest BCUT2D eigenvalue weighted by atomic mass is 10.1. The van der Waals surface area contributed by atoms with E-state index in [-0.39, 0.29) is 11.4 Å². The van der Waals surface area contributed by atoms with Crippen LogP contribution in [0.4, 0.5) is 5.69 Å². The zero-order valence-corrected chi connectivity index (χ0v) is 11.8. The van der Waals surface area contributed by atoms with E-state index in [2.05, 4.69) is 5.32 Å². The summed E-state index contributed by atoms with van der Waals surface area (Å²) >= 11 is 7.56. The number of hydrogen-bond acceptors (Lipinski definition) is 3. The molecule has 0 saturated heterocycles. The highest BCUT2D eigenvalue weighted by Crippen LogP contribution is 2.23. The van der Waals surface area contributed by atoms with Gasteiger partial charge in [0.2, 0.25) is 0 Å². The Morgan fingerprint density at radius 3 is 2.76 bits per heavy atom. The van der Waals surface area contributed by atoms with Gasteiger partial charge in [-0.1, -0.05) is 17.7 Å². The Labute approximate surface area is 111 Å². The molecule has 0 spiro atoms. The second kappa shape index (κ2) is 5.65. The predicted octanol–water partition coefficient (Wildman–Crippen LogP) is 2.79. The standard InChI is InChI=1S/C12H17ClN2OS/c1-12(2,7-17-3)15-11(16)8-5-4-6-9(13)10(8)14/h4-6H,7,14H2,1-3H3,(H,15,16). The molecular weight excluding hydrogens is 256 g/mol. The summed E-state index contributed by atoms with van der Waals surface area (Å²) in [4.78, 5) is 12.0. The SMILES string of the molecule is CSCC(C)(C)NC(=O)c1cccc(Cl)c1N. The largest absolute Gasteiger partial charge is 0.397 e. The number of anilines is 1. The van der Waals surface area contributed by atoms with E-state index >= 15 is 0 Å².